The molecular weight excluding hydrogens is 358 g/mol. The maximum atomic E-state index is 12.2. The molecule has 2 aromatic carbocycles. The summed E-state index contributed by atoms with van der Waals surface area (Å²) in [5.74, 6) is -0.844. The van der Waals surface area contributed by atoms with Crippen molar-refractivity contribution in [1.82, 2.24) is 10.0 Å². The third-order valence-electron chi connectivity index (χ3n) is 3.74. The van der Waals surface area contributed by atoms with Crippen molar-refractivity contribution in [1.29, 1.82) is 0 Å². The minimum absolute atomic E-state index is 0.106. The number of hydrogen-bond donors (Lipinski definition) is 2. The van der Waals surface area contributed by atoms with Crippen LogP contribution in [0.5, 0.6) is 0 Å². The molecule has 2 N–H and O–H groups in total. The number of nitrogens with one attached hydrogen (secondary N) is 2. The number of carbonyl (C=O) groups is 1. The predicted octanol–water partition coefficient (Wildman–Crippen LogP) is 1.75. The summed E-state index contributed by atoms with van der Waals surface area (Å²) in [6, 6.07) is 13.2. The number of nitrogens with zero attached hydrogens (tertiary/aromatic N) is 1. The van der Waals surface area contributed by atoms with E-state index in [2.05, 4.69) is 10.0 Å². The van der Waals surface area contributed by atoms with Gasteiger partial charge in [0.2, 0.25) is 10.0 Å². The lowest BCUT2D eigenvalue weighted by molar-refractivity contribution is -0.385. The smallest absolute Gasteiger partial charge is 0.273 e. The number of rotatable bonds is 8. The van der Waals surface area contributed by atoms with Gasteiger partial charge in [-0.3, -0.25) is 14.9 Å². The van der Waals surface area contributed by atoms with Crippen LogP contribution in [0.3, 0.4) is 0 Å². The molecular formula is C17H19N3O5S. The first-order chi connectivity index (χ1) is 12.3. The van der Waals surface area contributed by atoms with Gasteiger partial charge in [0.1, 0.15) is 0 Å². The molecule has 0 aromatic heterocycles. The fraction of sp³-hybridized carbons (Fsp3) is 0.235. The van der Waals surface area contributed by atoms with Gasteiger partial charge >= 0.3 is 0 Å². The zero-order valence-electron chi connectivity index (χ0n) is 14.1. The van der Waals surface area contributed by atoms with E-state index < -0.39 is 20.9 Å². The molecule has 0 atom stereocenters. The molecule has 26 heavy (non-hydrogen) atoms. The van der Waals surface area contributed by atoms with Crippen LogP contribution in [0, 0.1) is 17.0 Å². The van der Waals surface area contributed by atoms with Gasteiger partial charge in [-0.2, -0.15) is 0 Å². The van der Waals surface area contributed by atoms with Crippen LogP contribution in [-0.4, -0.2) is 31.5 Å². The molecule has 0 unspecified atom stereocenters. The molecule has 9 heteroatoms. The Balaban J connectivity index is 1.89. The summed E-state index contributed by atoms with van der Waals surface area (Å²) in [5.41, 5.74) is 1.05. The highest BCUT2D eigenvalue weighted by Gasteiger charge is 2.18. The minimum atomic E-state index is -3.56. The largest absolute Gasteiger partial charge is 0.351 e. The van der Waals surface area contributed by atoms with Crippen LogP contribution in [0.25, 0.3) is 0 Å². The van der Waals surface area contributed by atoms with Crippen LogP contribution < -0.4 is 10.0 Å². The third-order valence-corrected chi connectivity index (χ3v) is 5.07. The Kier molecular flexibility index (Phi) is 6.42. The van der Waals surface area contributed by atoms with Gasteiger partial charge in [0, 0.05) is 30.3 Å². The van der Waals surface area contributed by atoms with Crippen LogP contribution in [0.2, 0.25) is 0 Å². The van der Waals surface area contributed by atoms with Crippen molar-refractivity contribution in [2.45, 2.75) is 13.5 Å². The van der Waals surface area contributed by atoms with Gasteiger partial charge in [0.15, 0.2) is 0 Å². The number of amides is 1. The molecule has 0 fully saturated rings. The number of sulfonamides is 1. The number of nitro groups is 1. The second-order valence-corrected chi connectivity index (χ2v) is 7.51. The number of carbonyl (C=O) groups excluding carboxylic acids is 1. The molecule has 2 rings (SSSR count). The highest BCUT2D eigenvalue weighted by atomic mass is 32.2. The Morgan fingerprint density at radius 3 is 2.46 bits per heavy atom. The maximum Gasteiger partial charge on any atom is 0.273 e. The molecule has 0 saturated heterocycles. The fourth-order valence-electron chi connectivity index (χ4n) is 2.32. The Bertz CT molecular complexity index is 898. The quantitative estimate of drug-likeness (QED) is 0.537. The van der Waals surface area contributed by atoms with Gasteiger partial charge in [-0.15, -0.1) is 0 Å². The minimum Gasteiger partial charge on any atom is -0.351 e. The average Bonchev–Trinajstić information content (AvgIpc) is 2.60. The van der Waals surface area contributed by atoms with E-state index in [1.165, 1.54) is 25.1 Å². The molecule has 0 aliphatic heterocycles. The molecule has 0 spiro atoms. The van der Waals surface area contributed by atoms with E-state index in [1.807, 2.05) is 18.2 Å². The molecule has 8 nitrogen and oxygen atoms in total. The molecule has 0 aliphatic rings. The number of benzene rings is 2. The first-order valence-corrected chi connectivity index (χ1v) is 9.49. The lowest BCUT2D eigenvalue weighted by Crippen LogP contribution is -2.34. The van der Waals surface area contributed by atoms with E-state index >= 15 is 0 Å². The summed E-state index contributed by atoms with van der Waals surface area (Å²) in [5, 5.41) is 13.4. The van der Waals surface area contributed by atoms with Gasteiger partial charge in [-0.1, -0.05) is 36.4 Å². The lowest BCUT2D eigenvalue weighted by Gasteiger charge is -2.09. The van der Waals surface area contributed by atoms with Crippen LogP contribution in [0.1, 0.15) is 21.5 Å². The molecule has 0 radical (unpaired) electrons. The summed E-state index contributed by atoms with van der Waals surface area (Å²) in [6.07, 6.45) is 0. The van der Waals surface area contributed by atoms with E-state index in [0.29, 0.717) is 0 Å². The van der Waals surface area contributed by atoms with Crippen molar-refractivity contribution >= 4 is 21.6 Å². The van der Waals surface area contributed by atoms with Gasteiger partial charge in [-0.05, 0) is 18.6 Å². The monoisotopic (exact) mass is 377 g/mol. The summed E-state index contributed by atoms with van der Waals surface area (Å²) < 4.78 is 26.4. The molecule has 2 aromatic rings. The number of hydrogen-bond acceptors (Lipinski definition) is 5. The molecule has 138 valence electrons. The normalized spacial score (nSPS) is 11.1. The van der Waals surface area contributed by atoms with Gasteiger partial charge in [0.05, 0.1) is 10.7 Å². The van der Waals surface area contributed by atoms with Crippen LogP contribution in [-0.2, 0) is 16.6 Å². The van der Waals surface area contributed by atoms with E-state index in [0.717, 1.165) is 5.56 Å². The SMILES string of the molecule is Cc1c(C(=O)NCCS(=O)(=O)NCc2ccccc2)cccc1[N+](=O)[O-]. The second-order valence-electron chi connectivity index (χ2n) is 5.59. The Labute approximate surface area is 151 Å². The molecule has 0 saturated carbocycles. The van der Waals surface area contributed by atoms with Crippen molar-refractivity contribution in [2.75, 3.05) is 12.3 Å². The molecule has 0 heterocycles. The zero-order chi connectivity index (χ0) is 19.2. The standard InChI is InChI=1S/C17H19N3O5S/c1-13-15(8-5-9-16(13)20(22)23)17(21)18-10-11-26(24,25)19-12-14-6-3-2-4-7-14/h2-9,19H,10-12H2,1H3,(H,18,21). The lowest BCUT2D eigenvalue weighted by atomic mass is 10.1. The average molecular weight is 377 g/mol. The molecule has 1 amide bonds. The highest BCUT2D eigenvalue weighted by molar-refractivity contribution is 7.89. The Hall–Kier alpha value is -2.78. The van der Waals surface area contributed by atoms with Gasteiger partial charge in [-0.25, -0.2) is 13.1 Å². The van der Waals surface area contributed by atoms with Gasteiger partial charge in [0.25, 0.3) is 11.6 Å². The van der Waals surface area contributed by atoms with Crippen molar-refractivity contribution < 1.29 is 18.1 Å². The van der Waals surface area contributed by atoms with Crippen molar-refractivity contribution in [2.24, 2.45) is 0 Å². The van der Waals surface area contributed by atoms with Gasteiger partial charge < -0.3 is 5.32 Å². The Morgan fingerprint density at radius 1 is 1.12 bits per heavy atom. The first kappa shape index (κ1) is 19.5. The fourth-order valence-corrected chi connectivity index (χ4v) is 3.22. The first-order valence-electron chi connectivity index (χ1n) is 7.83. The third kappa shape index (κ3) is 5.36. The van der Waals surface area contributed by atoms with Crippen molar-refractivity contribution in [3.63, 3.8) is 0 Å². The zero-order valence-corrected chi connectivity index (χ0v) is 15.0. The topological polar surface area (TPSA) is 118 Å². The summed E-state index contributed by atoms with van der Waals surface area (Å²) >= 11 is 0. The highest BCUT2D eigenvalue weighted by Crippen LogP contribution is 2.20. The second kappa shape index (κ2) is 8.54. The summed E-state index contributed by atoms with van der Waals surface area (Å²) in [4.78, 5) is 22.5. The van der Waals surface area contributed by atoms with Crippen molar-refractivity contribution in [3.05, 3.63) is 75.3 Å². The van der Waals surface area contributed by atoms with Crippen molar-refractivity contribution in [3.8, 4) is 0 Å². The van der Waals surface area contributed by atoms with Crippen LogP contribution in [0.15, 0.2) is 48.5 Å². The summed E-state index contributed by atoms with van der Waals surface area (Å²) in [7, 11) is -3.56. The van der Waals surface area contributed by atoms with E-state index in [4.69, 9.17) is 0 Å². The van der Waals surface area contributed by atoms with E-state index in [-0.39, 0.29) is 35.7 Å². The van der Waals surface area contributed by atoms with Crippen LogP contribution >= 0.6 is 0 Å². The van der Waals surface area contributed by atoms with Crippen LogP contribution in [0.4, 0.5) is 5.69 Å². The van der Waals surface area contributed by atoms with E-state index in [1.54, 1.807) is 12.1 Å². The molecule has 0 aliphatic carbocycles. The number of nitro benzene ring substituents is 1. The van der Waals surface area contributed by atoms with E-state index in [9.17, 15) is 23.3 Å². The molecule has 0 bridgehead atoms. The Morgan fingerprint density at radius 2 is 1.81 bits per heavy atom. The predicted molar refractivity (Wildman–Crippen MR) is 97.2 cm³/mol. The maximum absolute atomic E-state index is 12.2. The summed E-state index contributed by atoms with van der Waals surface area (Å²) in [6.45, 7) is 1.54.